The van der Waals surface area contributed by atoms with Gasteiger partial charge in [-0.1, -0.05) is 6.07 Å². The molecule has 1 aromatic rings. The molecule has 3 heteroatoms. The molecule has 0 amide bonds. The third kappa shape index (κ3) is 1.88. The van der Waals surface area contributed by atoms with Crippen LogP contribution in [0.3, 0.4) is 0 Å². The fourth-order valence-electron chi connectivity index (χ4n) is 1.89. The second-order valence-electron chi connectivity index (χ2n) is 3.58. The van der Waals surface area contributed by atoms with E-state index >= 15 is 0 Å². The van der Waals surface area contributed by atoms with Gasteiger partial charge in [0.15, 0.2) is 0 Å². The van der Waals surface area contributed by atoms with Crippen LogP contribution in [-0.4, -0.2) is 17.9 Å². The van der Waals surface area contributed by atoms with Crippen LogP contribution in [0, 0.1) is 0 Å². The highest BCUT2D eigenvalue weighted by atomic mass is 32.2. The van der Waals surface area contributed by atoms with E-state index in [0.717, 1.165) is 11.4 Å². The minimum atomic E-state index is 0.406. The molecular weight excluding hydrogens is 194 g/mol. The van der Waals surface area contributed by atoms with Crippen LogP contribution >= 0.6 is 11.8 Å². The number of nitrogens with one attached hydrogen (secondary N) is 1. The lowest BCUT2D eigenvalue weighted by Crippen LogP contribution is -2.12. The average molecular weight is 209 g/mol. The molecular formula is C11H15NOS. The lowest BCUT2D eigenvalue weighted by Gasteiger charge is -2.11. The number of hydrogen-bond acceptors (Lipinski definition) is 3. The van der Waals surface area contributed by atoms with Gasteiger partial charge in [-0.2, -0.15) is 0 Å². The van der Waals surface area contributed by atoms with Crippen LogP contribution in [0.25, 0.3) is 0 Å². The van der Waals surface area contributed by atoms with E-state index in [1.807, 2.05) is 18.4 Å². The van der Waals surface area contributed by atoms with Gasteiger partial charge in [0, 0.05) is 10.9 Å². The lowest BCUT2D eigenvalue weighted by atomic mass is 10.1. The first-order chi connectivity index (χ1) is 6.81. The standard InChI is InChI=1S/C11H15NOS/c1-14-11-5-4-8(7-10(11)13)9-3-2-6-12-9/h4-5,7,9,12-13H,2-3,6H2,1H3. The first-order valence-corrected chi connectivity index (χ1v) is 6.14. The zero-order chi connectivity index (χ0) is 9.97. The molecule has 76 valence electrons. The molecule has 2 rings (SSSR count). The lowest BCUT2D eigenvalue weighted by molar-refractivity contribution is 0.460. The van der Waals surface area contributed by atoms with Crippen molar-refractivity contribution in [1.29, 1.82) is 0 Å². The Balaban J connectivity index is 2.23. The van der Waals surface area contributed by atoms with E-state index in [9.17, 15) is 5.11 Å². The third-order valence-electron chi connectivity index (χ3n) is 2.67. The van der Waals surface area contributed by atoms with Crippen molar-refractivity contribution in [3.8, 4) is 5.75 Å². The molecule has 1 unspecified atom stereocenters. The predicted octanol–water partition coefficient (Wildman–Crippen LogP) is 2.54. The summed E-state index contributed by atoms with van der Waals surface area (Å²) in [6, 6.07) is 6.43. The van der Waals surface area contributed by atoms with E-state index in [1.165, 1.54) is 18.4 Å². The molecule has 1 fully saturated rings. The summed E-state index contributed by atoms with van der Waals surface area (Å²) in [6.07, 6.45) is 4.39. The molecule has 0 aromatic heterocycles. The zero-order valence-electron chi connectivity index (χ0n) is 8.29. The highest BCUT2D eigenvalue weighted by molar-refractivity contribution is 7.98. The summed E-state index contributed by atoms with van der Waals surface area (Å²) in [4.78, 5) is 0.951. The highest BCUT2D eigenvalue weighted by Crippen LogP contribution is 2.31. The van der Waals surface area contributed by atoms with Gasteiger partial charge in [-0.25, -0.2) is 0 Å². The number of rotatable bonds is 2. The van der Waals surface area contributed by atoms with Crippen molar-refractivity contribution in [2.45, 2.75) is 23.8 Å². The van der Waals surface area contributed by atoms with Gasteiger partial charge in [0.1, 0.15) is 5.75 Å². The Hall–Kier alpha value is -0.670. The summed E-state index contributed by atoms with van der Waals surface area (Å²) in [5, 5.41) is 13.1. The summed E-state index contributed by atoms with van der Waals surface area (Å²) in [6.45, 7) is 1.09. The van der Waals surface area contributed by atoms with Crippen molar-refractivity contribution in [1.82, 2.24) is 5.32 Å². The second kappa shape index (κ2) is 4.24. The Morgan fingerprint density at radius 2 is 2.36 bits per heavy atom. The topological polar surface area (TPSA) is 32.3 Å². The Kier molecular flexibility index (Phi) is 2.99. The van der Waals surface area contributed by atoms with Crippen molar-refractivity contribution in [3.63, 3.8) is 0 Å². The van der Waals surface area contributed by atoms with Gasteiger partial charge in [0.05, 0.1) is 0 Å². The largest absolute Gasteiger partial charge is 0.507 e. The van der Waals surface area contributed by atoms with E-state index in [2.05, 4.69) is 11.4 Å². The van der Waals surface area contributed by atoms with Crippen molar-refractivity contribution >= 4 is 11.8 Å². The molecule has 1 aliphatic rings. The van der Waals surface area contributed by atoms with Crippen molar-refractivity contribution in [3.05, 3.63) is 23.8 Å². The van der Waals surface area contributed by atoms with Gasteiger partial charge in [-0.05, 0) is 43.3 Å². The maximum Gasteiger partial charge on any atom is 0.129 e. The molecule has 0 saturated carbocycles. The molecule has 0 radical (unpaired) electrons. The Morgan fingerprint density at radius 3 is 2.93 bits per heavy atom. The molecule has 1 saturated heterocycles. The molecule has 1 atom stereocenters. The van der Waals surface area contributed by atoms with E-state index < -0.39 is 0 Å². The van der Waals surface area contributed by atoms with Crippen LogP contribution in [0.1, 0.15) is 24.4 Å². The summed E-state index contributed by atoms with van der Waals surface area (Å²) in [7, 11) is 0. The predicted molar refractivity (Wildman–Crippen MR) is 59.9 cm³/mol. The summed E-state index contributed by atoms with van der Waals surface area (Å²) < 4.78 is 0. The molecule has 0 bridgehead atoms. The molecule has 0 aliphatic carbocycles. The minimum absolute atomic E-state index is 0.406. The first kappa shape index (κ1) is 9.87. The smallest absolute Gasteiger partial charge is 0.129 e. The second-order valence-corrected chi connectivity index (χ2v) is 4.43. The summed E-state index contributed by atoms with van der Waals surface area (Å²) in [5.74, 6) is 0.406. The van der Waals surface area contributed by atoms with Crippen LogP contribution in [0.5, 0.6) is 5.75 Å². The molecule has 2 nitrogen and oxygen atoms in total. The summed E-state index contributed by atoms with van der Waals surface area (Å²) >= 11 is 1.58. The number of phenolic OH excluding ortho intramolecular Hbond substituents is 1. The van der Waals surface area contributed by atoms with Gasteiger partial charge < -0.3 is 10.4 Å². The van der Waals surface area contributed by atoms with Crippen LogP contribution in [0.2, 0.25) is 0 Å². The summed E-state index contributed by atoms with van der Waals surface area (Å²) in [5.41, 5.74) is 1.21. The van der Waals surface area contributed by atoms with Crippen LogP contribution in [0.4, 0.5) is 0 Å². The van der Waals surface area contributed by atoms with Crippen molar-refractivity contribution in [2.75, 3.05) is 12.8 Å². The number of thioether (sulfide) groups is 1. The van der Waals surface area contributed by atoms with Gasteiger partial charge >= 0.3 is 0 Å². The maximum atomic E-state index is 9.70. The number of aromatic hydroxyl groups is 1. The van der Waals surface area contributed by atoms with Gasteiger partial charge in [0.2, 0.25) is 0 Å². The van der Waals surface area contributed by atoms with E-state index in [-0.39, 0.29) is 0 Å². The van der Waals surface area contributed by atoms with Crippen LogP contribution in [0.15, 0.2) is 23.1 Å². The Labute approximate surface area is 88.7 Å². The molecule has 1 heterocycles. The SMILES string of the molecule is CSc1ccc(C2CCCN2)cc1O. The Morgan fingerprint density at radius 1 is 1.50 bits per heavy atom. The van der Waals surface area contributed by atoms with E-state index in [1.54, 1.807) is 11.8 Å². The van der Waals surface area contributed by atoms with E-state index in [0.29, 0.717) is 11.8 Å². The van der Waals surface area contributed by atoms with Gasteiger partial charge in [-0.15, -0.1) is 11.8 Å². The molecule has 1 aliphatic heterocycles. The quantitative estimate of drug-likeness (QED) is 0.734. The fraction of sp³-hybridized carbons (Fsp3) is 0.455. The number of hydrogen-bond donors (Lipinski definition) is 2. The van der Waals surface area contributed by atoms with Crippen molar-refractivity contribution in [2.24, 2.45) is 0 Å². The molecule has 1 aromatic carbocycles. The first-order valence-electron chi connectivity index (χ1n) is 4.91. The number of phenols is 1. The number of benzene rings is 1. The maximum absolute atomic E-state index is 9.70. The minimum Gasteiger partial charge on any atom is -0.507 e. The fourth-order valence-corrected chi connectivity index (χ4v) is 2.37. The average Bonchev–Trinajstić information content (AvgIpc) is 2.70. The van der Waals surface area contributed by atoms with E-state index in [4.69, 9.17) is 0 Å². The van der Waals surface area contributed by atoms with Crippen molar-refractivity contribution < 1.29 is 5.11 Å². The normalized spacial score (nSPS) is 21.4. The third-order valence-corrected chi connectivity index (χ3v) is 3.45. The monoisotopic (exact) mass is 209 g/mol. The molecule has 2 N–H and O–H groups in total. The van der Waals surface area contributed by atoms with Gasteiger partial charge in [-0.3, -0.25) is 0 Å². The zero-order valence-corrected chi connectivity index (χ0v) is 9.10. The highest BCUT2D eigenvalue weighted by Gasteiger charge is 2.16. The molecule has 0 spiro atoms. The Bertz CT molecular complexity index is 321. The van der Waals surface area contributed by atoms with Crippen LogP contribution < -0.4 is 5.32 Å². The van der Waals surface area contributed by atoms with Crippen LogP contribution in [-0.2, 0) is 0 Å². The van der Waals surface area contributed by atoms with Gasteiger partial charge in [0.25, 0.3) is 0 Å². The molecule has 14 heavy (non-hydrogen) atoms.